The van der Waals surface area contributed by atoms with Crippen molar-refractivity contribution in [2.24, 2.45) is 0 Å². The normalized spacial score (nSPS) is 16.3. The molecule has 33 heavy (non-hydrogen) atoms. The number of fused-ring (bicyclic) bond motifs is 1. The van der Waals surface area contributed by atoms with Crippen LogP contribution in [0, 0.1) is 6.92 Å². The Kier molecular flexibility index (Phi) is 6.60. The summed E-state index contributed by atoms with van der Waals surface area (Å²) in [5.74, 6) is -0.253. The molecule has 0 radical (unpaired) electrons. The Morgan fingerprint density at radius 1 is 1.21 bits per heavy atom. The highest BCUT2D eigenvalue weighted by atomic mass is 32.1. The molecule has 2 N–H and O–H groups in total. The van der Waals surface area contributed by atoms with Crippen molar-refractivity contribution in [2.75, 3.05) is 23.7 Å². The Morgan fingerprint density at radius 2 is 2.03 bits per heavy atom. The minimum atomic E-state index is -0.381. The van der Waals surface area contributed by atoms with E-state index in [2.05, 4.69) is 21.8 Å². The maximum absolute atomic E-state index is 13.2. The lowest BCUT2D eigenvalue weighted by atomic mass is 10.1. The van der Waals surface area contributed by atoms with Crippen molar-refractivity contribution in [3.8, 4) is 0 Å². The average Bonchev–Trinajstić information content (AvgIpc) is 3.30. The standard InChI is InChI=1S/C24H27N5O3S/c1-4-21(31)25-20-14-33-13-18(20)23(32)27-24-26-19-10-7-8-15(2)22(19)29(24)17-9-5-6-11-28(12-17)16(3)30/h4,7-8,10,13-14,17H,1,5-6,9,11-12H2,2-3H3,(H,25,31)(H,26,27,32)/t17-/m1/s1. The largest absolute Gasteiger partial charge is 0.341 e. The van der Waals surface area contributed by atoms with Gasteiger partial charge < -0.3 is 14.8 Å². The average molecular weight is 466 g/mol. The van der Waals surface area contributed by atoms with Crippen LogP contribution in [0.5, 0.6) is 0 Å². The third-order valence-electron chi connectivity index (χ3n) is 5.94. The summed E-state index contributed by atoms with van der Waals surface area (Å²) in [6.07, 6.45) is 3.97. The number of nitrogens with one attached hydrogen (secondary N) is 2. The minimum absolute atomic E-state index is 0.0137. The second-order valence-corrected chi connectivity index (χ2v) is 8.95. The first kappa shape index (κ1) is 22.7. The highest BCUT2D eigenvalue weighted by molar-refractivity contribution is 7.08. The van der Waals surface area contributed by atoms with Crippen molar-refractivity contribution in [2.45, 2.75) is 39.2 Å². The first-order valence-corrected chi connectivity index (χ1v) is 11.9. The van der Waals surface area contributed by atoms with Crippen LogP contribution in [0.2, 0.25) is 0 Å². The van der Waals surface area contributed by atoms with Gasteiger partial charge in [0.25, 0.3) is 5.91 Å². The summed E-state index contributed by atoms with van der Waals surface area (Å²) in [6, 6.07) is 5.87. The van der Waals surface area contributed by atoms with Gasteiger partial charge in [-0.3, -0.25) is 19.7 Å². The fraction of sp³-hybridized carbons (Fsp3) is 0.333. The number of anilines is 2. The van der Waals surface area contributed by atoms with Crippen LogP contribution in [0.1, 0.15) is 48.1 Å². The van der Waals surface area contributed by atoms with Crippen molar-refractivity contribution in [1.82, 2.24) is 14.5 Å². The van der Waals surface area contributed by atoms with Crippen molar-refractivity contribution in [3.05, 3.63) is 52.7 Å². The maximum Gasteiger partial charge on any atom is 0.260 e. The molecule has 3 amide bonds. The number of rotatable bonds is 5. The molecule has 0 bridgehead atoms. The van der Waals surface area contributed by atoms with Crippen LogP contribution < -0.4 is 10.6 Å². The number of aryl methyl sites for hydroxylation is 1. The van der Waals surface area contributed by atoms with E-state index in [0.717, 1.165) is 48.5 Å². The van der Waals surface area contributed by atoms with Crippen LogP contribution in [-0.2, 0) is 9.59 Å². The highest BCUT2D eigenvalue weighted by Gasteiger charge is 2.27. The summed E-state index contributed by atoms with van der Waals surface area (Å²) in [5, 5.41) is 9.03. The third-order valence-corrected chi connectivity index (χ3v) is 6.69. The van der Waals surface area contributed by atoms with Crippen molar-refractivity contribution in [1.29, 1.82) is 0 Å². The second-order valence-electron chi connectivity index (χ2n) is 8.21. The van der Waals surface area contributed by atoms with E-state index in [0.29, 0.717) is 23.7 Å². The lowest BCUT2D eigenvalue weighted by Crippen LogP contribution is -2.34. The van der Waals surface area contributed by atoms with Crippen molar-refractivity contribution >= 4 is 51.7 Å². The van der Waals surface area contributed by atoms with Gasteiger partial charge in [0.05, 0.1) is 28.3 Å². The van der Waals surface area contributed by atoms with E-state index in [9.17, 15) is 14.4 Å². The molecular formula is C24H27N5O3S. The predicted octanol–water partition coefficient (Wildman–Crippen LogP) is 4.36. The summed E-state index contributed by atoms with van der Waals surface area (Å²) in [6.45, 7) is 8.37. The van der Waals surface area contributed by atoms with E-state index in [4.69, 9.17) is 4.98 Å². The van der Waals surface area contributed by atoms with Crippen LogP contribution in [-0.4, -0.2) is 45.3 Å². The zero-order valence-electron chi connectivity index (χ0n) is 18.8. The Labute approximate surface area is 196 Å². The zero-order chi connectivity index (χ0) is 23.5. The number of carbonyl (C=O) groups is 3. The van der Waals surface area contributed by atoms with Crippen LogP contribution in [0.15, 0.2) is 41.6 Å². The van der Waals surface area contributed by atoms with E-state index in [1.807, 2.05) is 30.0 Å². The van der Waals surface area contributed by atoms with E-state index in [-0.39, 0.29) is 23.8 Å². The number of likely N-dealkylation sites (tertiary alicyclic amines) is 1. The second kappa shape index (κ2) is 9.58. The molecule has 3 aromatic rings. The number of hydrogen-bond donors (Lipinski definition) is 2. The molecule has 1 aliphatic rings. The Morgan fingerprint density at radius 3 is 2.79 bits per heavy atom. The third kappa shape index (κ3) is 4.68. The number of amides is 3. The van der Waals surface area contributed by atoms with Crippen molar-refractivity contribution < 1.29 is 14.4 Å². The van der Waals surface area contributed by atoms with Gasteiger partial charge in [-0.05, 0) is 43.9 Å². The molecule has 1 saturated heterocycles. The molecule has 0 saturated carbocycles. The van der Waals surface area contributed by atoms with Gasteiger partial charge in [-0.25, -0.2) is 4.98 Å². The summed E-state index contributed by atoms with van der Waals surface area (Å²) >= 11 is 1.32. The van der Waals surface area contributed by atoms with Gasteiger partial charge in [0.1, 0.15) is 0 Å². The van der Waals surface area contributed by atoms with Gasteiger partial charge in [-0.15, -0.1) is 11.3 Å². The summed E-state index contributed by atoms with van der Waals surface area (Å²) in [4.78, 5) is 43.7. The van der Waals surface area contributed by atoms with Crippen LogP contribution in [0.3, 0.4) is 0 Å². The van der Waals surface area contributed by atoms with E-state index >= 15 is 0 Å². The monoisotopic (exact) mass is 465 g/mol. The first-order valence-electron chi connectivity index (χ1n) is 10.9. The molecule has 3 heterocycles. The first-order chi connectivity index (χ1) is 15.9. The molecule has 4 rings (SSSR count). The number of para-hydroxylation sites is 1. The van der Waals surface area contributed by atoms with Gasteiger partial charge >= 0.3 is 0 Å². The molecule has 0 spiro atoms. The van der Waals surface area contributed by atoms with Crippen molar-refractivity contribution in [3.63, 3.8) is 0 Å². The van der Waals surface area contributed by atoms with Gasteiger partial charge in [0.15, 0.2) is 0 Å². The molecule has 172 valence electrons. The molecule has 2 aromatic heterocycles. The fourth-order valence-corrected chi connectivity index (χ4v) is 5.06. The summed E-state index contributed by atoms with van der Waals surface area (Å²) in [5.41, 5.74) is 3.58. The maximum atomic E-state index is 13.2. The fourth-order valence-electron chi connectivity index (χ4n) is 4.30. The quantitative estimate of drug-likeness (QED) is 0.547. The molecule has 8 nitrogen and oxygen atoms in total. The molecule has 1 fully saturated rings. The topological polar surface area (TPSA) is 96.3 Å². The number of hydrogen-bond acceptors (Lipinski definition) is 5. The number of aromatic nitrogens is 2. The Hall–Kier alpha value is -3.46. The molecule has 1 atom stereocenters. The zero-order valence-corrected chi connectivity index (χ0v) is 19.6. The van der Waals surface area contributed by atoms with Gasteiger partial charge in [0, 0.05) is 30.8 Å². The van der Waals surface area contributed by atoms with Crippen LogP contribution in [0.25, 0.3) is 11.0 Å². The number of benzene rings is 1. The molecule has 0 unspecified atom stereocenters. The van der Waals surface area contributed by atoms with Gasteiger partial charge in [0.2, 0.25) is 17.8 Å². The Balaban J connectivity index is 1.73. The lowest BCUT2D eigenvalue weighted by molar-refractivity contribution is -0.129. The number of thiophene rings is 1. The molecule has 1 aromatic carbocycles. The van der Waals surface area contributed by atoms with Crippen LogP contribution >= 0.6 is 11.3 Å². The molecule has 1 aliphatic heterocycles. The predicted molar refractivity (Wildman–Crippen MR) is 131 cm³/mol. The summed E-state index contributed by atoms with van der Waals surface area (Å²) < 4.78 is 2.07. The Bertz CT molecular complexity index is 1230. The highest BCUT2D eigenvalue weighted by Crippen LogP contribution is 2.32. The van der Waals surface area contributed by atoms with Crippen LogP contribution in [0.4, 0.5) is 11.6 Å². The molecule has 0 aliphatic carbocycles. The number of nitrogens with zero attached hydrogens (tertiary/aromatic N) is 3. The van der Waals surface area contributed by atoms with Gasteiger partial charge in [-0.2, -0.15) is 0 Å². The van der Waals surface area contributed by atoms with E-state index in [1.165, 1.54) is 11.3 Å². The SMILES string of the molecule is C=CC(=O)Nc1cscc1C(=O)Nc1nc2cccc(C)c2n1[C@@H]1CCCCN(C(C)=O)C1. The molecular weight excluding hydrogens is 438 g/mol. The number of imidazole rings is 1. The lowest BCUT2D eigenvalue weighted by Gasteiger charge is -2.26. The van der Waals surface area contributed by atoms with E-state index in [1.54, 1.807) is 17.7 Å². The van der Waals surface area contributed by atoms with E-state index < -0.39 is 0 Å². The summed E-state index contributed by atoms with van der Waals surface area (Å²) in [7, 11) is 0. The number of carbonyl (C=O) groups excluding carboxylic acids is 3. The smallest absolute Gasteiger partial charge is 0.260 e. The molecule has 9 heteroatoms. The minimum Gasteiger partial charge on any atom is -0.341 e. The van der Waals surface area contributed by atoms with Gasteiger partial charge in [-0.1, -0.05) is 18.7 Å².